The Kier molecular flexibility index (Phi) is 5.29. The minimum absolute atomic E-state index is 0.0936. The van der Waals surface area contributed by atoms with Crippen molar-refractivity contribution in [3.63, 3.8) is 0 Å². The highest BCUT2D eigenvalue weighted by Gasteiger charge is 2.15. The summed E-state index contributed by atoms with van der Waals surface area (Å²) < 4.78 is 5.64. The number of rotatable bonds is 5. The molecule has 0 spiro atoms. The standard InChI is InChI=1S/C14H20ClNO2/c15-12-3-1-4-14(11-12)18-10-2-7-16-8-5-13(17)6-9-16/h1,3-4,11,13,17H,2,5-10H2. The van der Waals surface area contributed by atoms with Crippen LogP contribution in [0, 0.1) is 0 Å². The second kappa shape index (κ2) is 6.98. The van der Waals surface area contributed by atoms with Gasteiger partial charge in [-0.1, -0.05) is 17.7 Å². The fraction of sp³-hybridized carbons (Fsp3) is 0.571. The molecule has 0 amide bonds. The lowest BCUT2D eigenvalue weighted by atomic mass is 10.1. The summed E-state index contributed by atoms with van der Waals surface area (Å²) in [6, 6.07) is 7.49. The first-order valence-corrected chi connectivity index (χ1v) is 6.90. The number of likely N-dealkylation sites (tertiary alicyclic amines) is 1. The summed E-state index contributed by atoms with van der Waals surface area (Å²) in [7, 11) is 0. The number of aliphatic hydroxyl groups excluding tert-OH is 1. The van der Waals surface area contributed by atoms with Gasteiger partial charge in [-0.15, -0.1) is 0 Å². The molecule has 1 saturated heterocycles. The van der Waals surface area contributed by atoms with Crippen LogP contribution >= 0.6 is 11.6 Å². The van der Waals surface area contributed by atoms with Gasteiger partial charge in [-0.2, -0.15) is 0 Å². The lowest BCUT2D eigenvalue weighted by Crippen LogP contribution is -2.36. The largest absolute Gasteiger partial charge is 0.493 e. The molecular weight excluding hydrogens is 250 g/mol. The Labute approximate surface area is 113 Å². The first kappa shape index (κ1) is 13.7. The zero-order chi connectivity index (χ0) is 12.8. The Bertz CT molecular complexity index is 365. The van der Waals surface area contributed by atoms with E-state index < -0.39 is 0 Å². The first-order valence-electron chi connectivity index (χ1n) is 6.53. The van der Waals surface area contributed by atoms with Crippen molar-refractivity contribution in [1.82, 2.24) is 4.90 Å². The number of nitrogens with zero attached hydrogens (tertiary/aromatic N) is 1. The summed E-state index contributed by atoms with van der Waals surface area (Å²) in [6.07, 6.45) is 2.70. The Balaban J connectivity index is 1.61. The van der Waals surface area contributed by atoms with E-state index in [-0.39, 0.29) is 6.10 Å². The van der Waals surface area contributed by atoms with Crippen molar-refractivity contribution in [3.8, 4) is 5.75 Å². The second-order valence-corrected chi connectivity index (χ2v) is 5.17. The van der Waals surface area contributed by atoms with E-state index in [0.717, 1.165) is 44.6 Å². The van der Waals surface area contributed by atoms with E-state index >= 15 is 0 Å². The van der Waals surface area contributed by atoms with Crippen LogP contribution in [0.5, 0.6) is 5.75 Å². The Morgan fingerprint density at radius 1 is 1.33 bits per heavy atom. The predicted molar refractivity (Wildman–Crippen MR) is 73.2 cm³/mol. The lowest BCUT2D eigenvalue weighted by Gasteiger charge is -2.29. The maximum absolute atomic E-state index is 9.41. The van der Waals surface area contributed by atoms with Crippen molar-refractivity contribution < 1.29 is 9.84 Å². The molecule has 4 heteroatoms. The number of piperidine rings is 1. The molecule has 2 rings (SSSR count). The Hall–Kier alpha value is -0.770. The summed E-state index contributed by atoms with van der Waals surface area (Å²) in [5, 5.41) is 10.1. The van der Waals surface area contributed by atoms with Gasteiger partial charge in [0, 0.05) is 24.7 Å². The summed E-state index contributed by atoms with van der Waals surface area (Å²) in [6.45, 7) is 3.74. The fourth-order valence-electron chi connectivity index (χ4n) is 2.18. The molecule has 1 aliphatic heterocycles. The number of ether oxygens (including phenoxy) is 1. The van der Waals surface area contributed by atoms with Crippen molar-refractivity contribution >= 4 is 11.6 Å². The van der Waals surface area contributed by atoms with Gasteiger partial charge in [0.2, 0.25) is 0 Å². The van der Waals surface area contributed by atoms with Crippen LogP contribution in [0.15, 0.2) is 24.3 Å². The SMILES string of the molecule is OC1CCN(CCCOc2cccc(Cl)c2)CC1. The minimum atomic E-state index is -0.0936. The van der Waals surface area contributed by atoms with Crippen LogP contribution in [-0.4, -0.2) is 42.4 Å². The topological polar surface area (TPSA) is 32.7 Å². The fourth-order valence-corrected chi connectivity index (χ4v) is 2.36. The average molecular weight is 270 g/mol. The number of hydrogen-bond donors (Lipinski definition) is 1. The summed E-state index contributed by atoms with van der Waals surface area (Å²) in [5.41, 5.74) is 0. The van der Waals surface area contributed by atoms with Crippen molar-refractivity contribution in [2.45, 2.75) is 25.4 Å². The normalized spacial score (nSPS) is 17.9. The third-order valence-corrected chi connectivity index (χ3v) is 3.48. The van der Waals surface area contributed by atoms with Crippen LogP contribution in [0.1, 0.15) is 19.3 Å². The van der Waals surface area contributed by atoms with Gasteiger partial charge in [0.1, 0.15) is 5.75 Å². The van der Waals surface area contributed by atoms with Crippen molar-refractivity contribution in [2.75, 3.05) is 26.2 Å². The number of aliphatic hydroxyl groups is 1. The van der Waals surface area contributed by atoms with Crippen molar-refractivity contribution in [3.05, 3.63) is 29.3 Å². The first-order chi connectivity index (χ1) is 8.74. The zero-order valence-electron chi connectivity index (χ0n) is 10.5. The van der Waals surface area contributed by atoms with Crippen molar-refractivity contribution in [2.24, 2.45) is 0 Å². The molecule has 100 valence electrons. The molecule has 1 N–H and O–H groups in total. The van der Waals surface area contributed by atoms with Crippen LogP contribution in [0.25, 0.3) is 0 Å². The number of benzene rings is 1. The molecule has 1 heterocycles. The molecule has 0 bridgehead atoms. The minimum Gasteiger partial charge on any atom is -0.493 e. The Morgan fingerprint density at radius 2 is 2.11 bits per heavy atom. The summed E-state index contributed by atoms with van der Waals surface area (Å²) in [4.78, 5) is 2.38. The van der Waals surface area contributed by atoms with E-state index in [1.807, 2.05) is 24.3 Å². The number of hydrogen-bond acceptors (Lipinski definition) is 3. The smallest absolute Gasteiger partial charge is 0.120 e. The number of halogens is 1. The molecule has 0 atom stereocenters. The third kappa shape index (κ3) is 4.48. The van der Waals surface area contributed by atoms with E-state index in [1.54, 1.807) is 0 Å². The van der Waals surface area contributed by atoms with Crippen LogP contribution in [-0.2, 0) is 0 Å². The molecule has 0 aliphatic carbocycles. The van der Waals surface area contributed by atoms with Gasteiger partial charge in [-0.05, 0) is 37.5 Å². The molecule has 1 aliphatic rings. The van der Waals surface area contributed by atoms with Gasteiger partial charge < -0.3 is 14.7 Å². The van der Waals surface area contributed by atoms with Crippen molar-refractivity contribution in [1.29, 1.82) is 0 Å². The van der Waals surface area contributed by atoms with E-state index in [2.05, 4.69) is 4.90 Å². The average Bonchev–Trinajstić information content (AvgIpc) is 2.37. The van der Waals surface area contributed by atoms with Gasteiger partial charge in [0.05, 0.1) is 12.7 Å². The maximum Gasteiger partial charge on any atom is 0.120 e. The Morgan fingerprint density at radius 3 is 2.83 bits per heavy atom. The second-order valence-electron chi connectivity index (χ2n) is 4.73. The highest BCUT2D eigenvalue weighted by atomic mass is 35.5. The predicted octanol–water partition coefficient (Wildman–Crippen LogP) is 2.57. The van der Waals surface area contributed by atoms with E-state index in [1.165, 1.54) is 0 Å². The van der Waals surface area contributed by atoms with Crippen LogP contribution in [0.2, 0.25) is 5.02 Å². The monoisotopic (exact) mass is 269 g/mol. The molecule has 1 aromatic carbocycles. The molecule has 1 fully saturated rings. The molecular formula is C14H20ClNO2. The lowest BCUT2D eigenvalue weighted by molar-refractivity contribution is 0.0800. The third-order valence-electron chi connectivity index (χ3n) is 3.24. The molecule has 0 aromatic heterocycles. The van der Waals surface area contributed by atoms with E-state index in [9.17, 15) is 5.11 Å². The summed E-state index contributed by atoms with van der Waals surface area (Å²) >= 11 is 5.88. The van der Waals surface area contributed by atoms with E-state index in [0.29, 0.717) is 11.6 Å². The van der Waals surface area contributed by atoms with E-state index in [4.69, 9.17) is 16.3 Å². The molecule has 0 saturated carbocycles. The van der Waals surface area contributed by atoms with Gasteiger partial charge >= 0.3 is 0 Å². The van der Waals surface area contributed by atoms with Crippen LogP contribution in [0.3, 0.4) is 0 Å². The van der Waals surface area contributed by atoms with Gasteiger partial charge in [0.25, 0.3) is 0 Å². The quantitative estimate of drug-likeness (QED) is 0.834. The molecule has 3 nitrogen and oxygen atoms in total. The van der Waals surface area contributed by atoms with Gasteiger partial charge in [-0.3, -0.25) is 0 Å². The van der Waals surface area contributed by atoms with Crippen LogP contribution in [0.4, 0.5) is 0 Å². The molecule has 18 heavy (non-hydrogen) atoms. The molecule has 0 unspecified atom stereocenters. The van der Waals surface area contributed by atoms with Gasteiger partial charge in [-0.25, -0.2) is 0 Å². The molecule has 1 aromatic rings. The van der Waals surface area contributed by atoms with Gasteiger partial charge in [0.15, 0.2) is 0 Å². The maximum atomic E-state index is 9.41. The highest BCUT2D eigenvalue weighted by molar-refractivity contribution is 6.30. The van der Waals surface area contributed by atoms with Crippen LogP contribution < -0.4 is 4.74 Å². The molecule has 0 radical (unpaired) electrons. The summed E-state index contributed by atoms with van der Waals surface area (Å²) in [5.74, 6) is 0.830. The highest BCUT2D eigenvalue weighted by Crippen LogP contribution is 2.17. The zero-order valence-corrected chi connectivity index (χ0v) is 11.3.